The first-order valence-electron chi connectivity index (χ1n) is 8.66. The number of aryl methyl sites for hydroxylation is 1. The van der Waals surface area contributed by atoms with Crippen molar-refractivity contribution in [3.05, 3.63) is 58.4 Å². The zero-order valence-electron chi connectivity index (χ0n) is 15.4. The lowest BCUT2D eigenvalue weighted by Gasteiger charge is -2.09. The highest BCUT2D eigenvalue weighted by molar-refractivity contribution is 14.0. The molecule has 0 aliphatic carbocycles. The number of halogens is 1. The molecule has 8 heteroatoms. The molecule has 0 unspecified atom stereocenters. The molecule has 0 bridgehead atoms. The molecule has 2 N–H and O–H groups in total. The van der Waals surface area contributed by atoms with Crippen molar-refractivity contribution >= 4 is 41.3 Å². The number of hydrogen-bond donors (Lipinski definition) is 2. The molecule has 3 rings (SSSR count). The van der Waals surface area contributed by atoms with Gasteiger partial charge in [-0.2, -0.15) is 0 Å². The van der Waals surface area contributed by atoms with Gasteiger partial charge in [0, 0.05) is 36.7 Å². The predicted molar refractivity (Wildman–Crippen MR) is 121 cm³/mol. The highest BCUT2D eigenvalue weighted by Crippen LogP contribution is 2.17. The summed E-state index contributed by atoms with van der Waals surface area (Å²) >= 11 is 1.77. The third-order valence-corrected chi connectivity index (χ3v) is 5.02. The van der Waals surface area contributed by atoms with E-state index in [1.54, 1.807) is 24.6 Å². The maximum absolute atomic E-state index is 5.55. The molecule has 0 atom stereocenters. The van der Waals surface area contributed by atoms with Crippen molar-refractivity contribution in [3.63, 3.8) is 0 Å². The van der Waals surface area contributed by atoms with Gasteiger partial charge in [0.05, 0.1) is 17.2 Å². The molecule has 0 saturated heterocycles. The Morgan fingerprint density at radius 3 is 2.74 bits per heavy atom. The standard InChI is InChI=1S/C19H23N5OS.HI/c1-3-16-12-22-17(26-16)9-10-21-19(20-2)23-11-15-13-25-18(24-15)14-7-5-4-6-8-14;/h4-8,12-13H,3,9-11H2,1-2H3,(H2,20,21,23);1H. The van der Waals surface area contributed by atoms with Gasteiger partial charge in [-0.3, -0.25) is 4.99 Å². The topological polar surface area (TPSA) is 75.3 Å². The van der Waals surface area contributed by atoms with Gasteiger partial charge in [-0.05, 0) is 18.6 Å². The fourth-order valence-corrected chi connectivity index (χ4v) is 3.27. The van der Waals surface area contributed by atoms with E-state index in [0.29, 0.717) is 12.4 Å². The Morgan fingerprint density at radius 1 is 1.22 bits per heavy atom. The van der Waals surface area contributed by atoms with Crippen LogP contribution in [0.4, 0.5) is 0 Å². The maximum atomic E-state index is 5.55. The monoisotopic (exact) mass is 497 g/mol. The summed E-state index contributed by atoms with van der Waals surface area (Å²) in [5.74, 6) is 1.36. The molecule has 0 saturated carbocycles. The van der Waals surface area contributed by atoms with Crippen molar-refractivity contribution in [1.29, 1.82) is 0 Å². The van der Waals surface area contributed by atoms with E-state index >= 15 is 0 Å². The first-order valence-corrected chi connectivity index (χ1v) is 9.48. The van der Waals surface area contributed by atoms with Crippen LogP contribution in [0, 0.1) is 0 Å². The van der Waals surface area contributed by atoms with Crippen molar-refractivity contribution < 1.29 is 4.42 Å². The number of guanidine groups is 1. The lowest BCUT2D eigenvalue weighted by molar-refractivity contribution is 0.572. The van der Waals surface area contributed by atoms with Gasteiger partial charge in [0.25, 0.3) is 0 Å². The largest absolute Gasteiger partial charge is 0.444 e. The Morgan fingerprint density at radius 2 is 2.04 bits per heavy atom. The molecule has 144 valence electrons. The highest BCUT2D eigenvalue weighted by atomic mass is 127. The van der Waals surface area contributed by atoms with Crippen molar-refractivity contribution in [3.8, 4) is 11.5 Å². The summed E-state index contributed by atoms with van der Waals surface area (Å²) in [5, 5.41) is 7.70. The quantitative estimate of drug-likeness (QED) is 0.295. The van der Waals surface area contributed by atoms with E-state index in [-0.39, 0.29) is 24.0 Å². The van der Waals surface area contributed by atoms with Crippen LogP contribution in [0.3, 0.4) is 0 Å². The molecular formula is C19H24IN5OS. The van der Waals surface area contributed by atoms with E-state index in [9.17, 15) is 0 Å². The van der Waals surface area contributed by atoms with Crippen LogP contribution in [0.2, 0.25) is 0 Å². The molecule has 0 fully saturated rings. The molecule has 27 heavy (non-hydrogen) atoms. The number of oxazole rings is 1. The maximum Gasteiger partial charge on any atom is 0.226 e. The number of hydrogen-bond acceptors (Lipinski definition) is 5. The molecule has 2 heterocycles. The van der Waals surface area contributed by atoms with Gasteiger partial charge in [0.1, 0.15) is 6.26 Å². The Bertz CT molecular complexity index is 847. The summed E-state index contributed by atoms with van der Waals surface area (Å²) in [4.78, 5) is 14.5. The van der Waals surface area contributed by atoms with Crippen molar-refractivity contribution in [2.24, 2.45) is 4.99 Å². The van der Waals surface area contributed by atoms with Gasteiger partial charge >= 0.3 is 0 Å². The molecule has 3 aromatic rings. The third-order valence-electron chi connectivity index (χ3n) is 3.81. The van der Waals surface area contributed by atoms with E-state index in [4.69, 9.17) is 4.42 Å². The SMILES string of the molecule is CCc1cnc(CCNC(=NC)NCc2coc(-c3ccccc3)n2)s1.I. The zero-order chi connectivity index (χ0) is 18.2. The number of nitrogens with zero attached hydrogens (tertiary/aromatic N) is 3. The predicted octanol–water partition coefficient (Wildman–Crippen LogP) is 3.89. The first kappa shape index (κ1) is 21.4. The molecule has 6 nitrogen and oxygen atoms in total. The minimum Gasteiger partial charge on any atom is -0.444 e. The average molecular weight is 497 g/mol. The van der Waals surface area contributed by atoms with Crippen LogP contribution < -0.4 is 10.6 Å². The molecule has 0 radical (unpaired) electrons. The molecule has 1 aromatic carbocycles. The van der Waals surface area contributed by atoms with Gasteiger partial charge < -0.3 is 15.1 Å². The number of nitrogens with one attached hydrogen (secondary N) is 2. The van der Waals surface area contributed by atoms with E-state index in [0.717, 1.165) is 41.6 Å². The fourth-order valence-electron chi connectivity index (χ4n) is 2.41. The van der Waals surface area contributed by atoms with Crippen LogP contribution in [0.15, 0.2) is 52.2 Å². The smallest absolute Gasteiger partial charge is 0.226 e. The van der Waals surface area contributed by atoms with E-state index in [1.807, 2.05) is 36.5 Å². The van der Waals surface area contributed by atoms with E-state index in [2.05, 4.69) is 32.5 Å². The minimum absolute atomic E-state index is 0. The van der Waals surface area contributed by atoms with Crippen LogP contribution in [-0.4, -0.2) is 29.5 Å². The summed E-state index contributed by atoms with van der Waals surface area (Å²) in [6, 6.07) is 9.86. The van der Waals surface area contributed by atoms with Crippen molar-refractivity contribution in [2.75, 3.05) is 13.6 Å². The summed E-state index contributed by atoms with van der Waals surface area (Å²) in [6.07, 6.45) is 5.55. The summed E-state index contributed by atoms with van der Waals surface area (Å²) in [7, 11) is 1.76. The molecule has 2 aromatic heterocycles. The number of aromatic nitrogens is 2. The van der Waals surface area contributed by atoms with Gasteiger partial charge in [0.15, 0.2) is 5.96 Å². The van der Waals surface area contributed by atoms with Crippen LogP contribution in [0.25, 0.3) is 11.5 Å². The van der Waals surface area contributed by atoms with Crippen molar-refractivity contribution in [1.82, 2.24) is 20.6 Å². The zero-order valence-corrected chi connectivity index (χ0v) is 18.6. The normalized spacial score (nSPS) is 11.1. The summed E-state index contributed by atoms with van der Waals surface area (Å²) in [5.41, 5.74) is 1.80. The van der Waals surface area contributed by atoms with Crippen LogP contribution in [0.5, 0.6) is 0 Å². The lowest BCUT2D eigenvalue weighted by Crippen LogP contribution is -2.37. The highest BCUT2D eigenvalue weighted by Gasteiger charge is 2.07. The first-order chi connectivity index (χ1) is 12.8. The third kappa shape index (κ3) is 6.31. The molecule has 0 aliphatic heterocycles. The number of thiazole rings is 1. The Kier molecular flexibility index (Phi) is 8.73. The Hall–Kier alpha value is -1.94. The molecule has 0 spiro atoms. The fraction of sp³-hybridized carbons (Fsp3) is 0.316. The van der Waals surface area contributed by atoms with Gasteiger partial charge in [-0.25, -0.2) is 9.97 Å². The second-order valence-electron chi connectivity index (χ2n) is 5.69. The summed E-state index contributed by atoms with van der Waals surface area (Å²) in [6.45, 7) is 3.48. The molecule has 0 aliphatic rings. The Labute approximate surface area is 180 Å². The van der Waals surface area contributed by atoms with Gasteiger partial charge in [-0.1, -0.05) is 25.1 Å². The Balaban J connectivity index is 0.00000261. The van der Waals surface area contributed by atoms with E-state index < -0.39 is 0 Å². The van der Waals surface area contributed by atoms with Crippen LogP contribution >= 0.6 is 35.3 Å². The van der Waals surface area contributed by atoms with Gasteiger partial charge in [-0.15, -0.1) is 35.3 Å². The molecule has 0 amide bonds. The second kappa shape index (κ2) is 11.0. The van der Waals surface area contributed by atoms with Gasteiger partial charge in [0.2, 0.25) is 5.89 Å². The number of rotatable bonds is 7. The van der Waals surface area contributed by atoms with E-state index in [1.165, 1.54) is 4.88 Å². The lowest BCUT2D eigenvalue weighted by atomic mass is 10.2. The molecular weight excluding hydrogens is 473 g/mol. The summed E-state index contributed by atoms with van der Waals surface area (Å²) < 4.78 is 5.55. The van der Waals surface area contributed by atoms with Crippen molar-refractivity contribution in [2.45, 2.75) is 26.3 Å². The minimum atomic E-state index is 0. The van der Waals surface area contributed by atoms with Crippen LogP contribution in [0.1, 0.15) is 22.5 Å². The van der Waals surface area contributed by atoms with Crippen LogP contribution in [-0.2, 0) is 19.4 Å². The average Bonchev–Trinajstić information content (AvgIpc) is 3.34. The number of benzene rings is 1. The second-order valence-corrected chi connectivity index (χ2v) is 6.89. The number of aliphatic imine (C=N–C) groups is 1.